The van der Waals surface area contributed by atoms with E-state index in [0.29, 0.717) is 0 Å². The SMILES string of the molecule is CC(C)(C)OC(=O)c1ccc([N+](=O)[O-])c(-n2ccnc2N)c1. The van der Waals surface area contributed by atoms with E-state index in [-0.39, 0.29) is 22.9 Å². The molecule has 8 nitrogen and oxygen atoms in total. The van der Waals surface area contributed by atoms with Crippen molar-refractivity contribution in [3.8, 4) is 5.69 Å². The average Bonchev–Trinajstić information content (AvgIpc) is 2.82. The van der Waals surface area contributed by atoms with Gasteiger partial charge in [-0.15, -0.1) is 0 Å². The van der Waals surface area contributed by atoms with Crippen molar-refractivity contribution >= 4 is 17.6 Å². The Hall–Kier alpha value is -2.90. The molecule has 1 aromatic heterocycles. The van der Waals surface area contributed by atoms with Crippen LogP contribution in [0.2, 0.25) is 0 Å². The molecule has 0 unspecified atom stereocenters. The minimum Gasteiger partial charge on any atom is -0.456 e. The maximum absolute atomic E-state index is 12.1. The molecule has 1 aromatic carbocycles. The second-order valence-electron chi connectivity index (χ2n) is 5.62. The molecule has 0 saturated carbocycles. The predicted molar refractivity (Wildman–Crippen MR) is 79.8 cm³/mol. The molecule has 0 fully saturated rings. The first kappa shape index (κ1) is 15.5. The summed E-state index contributed by atoms with van der Waals surface area (Å²) >= 11 is 0. The second-order valence-corrected chi connectivity index (χ2v) is 5.62. The molecule has 1 heterocycles. The number of nitro benzene ring substituents is 1. The third-order valence-corrected chi connectivity index (χ3v) is 2.74. The number of nitrogens with zero attached hydrogens (tertiary/aromatic N) is 3. The quantitative estimate of drug-likeness (QED) is 0.529. The van der Waals surface area contributed by atoms with Crippen LogP contribution < -0.4 is 5.73 Å². The molecule has 2 aromatic rings. The number of hydrogen-bond acceptors (Lipinski definition) is 6. The summed E-state index contributed by atoms with van der Waals surface area (Å²) < 4.78 is 6.60. The maximum Gasteiger partial charge on any atom is 0.338 e. The highest BCUT2D eigenvalue weighted by Crippen LogP contribution is 2.26. The van der Waals surface area contributed by atoms with Crippen LogP contribution in [0.4, 0.5) is 11.6 Å². The smallest absolute Gasteiger partial charge is 0.338 e. The Bertz CT molecular complexity index is 731. The van der Waals surface area contributed by atoms with Gasteiger partial charge < -0.3 is 10.5 Å². The number of hydrogen-bond donors (Lipinski definition) is 1. The van der Waals surface area contributed by atoms with Gasteiger partial charge in [0, 0.05) is 18.5 Å². The predicted octanol–water partition coefficient (Wildman–Crippen LogP) is 2.32. The molecule has 0 aliphatic rings. The average molecular weight is 304 g/mol. The van der Waals surface area contributed by atoms with Crippen molar-refractivity contribution in [2.75, 3.05) is 5.73 Å². The van der Waals surface area contributed by atoms with Gasteiger partial charge in [0.25, 0.3) is 5.69 Å². The molecule has 2 rings (SSSR count). The standard InChI is InChI=1S/C14H16N4O4/c1-14(2,3)22-12(19)9-4-5-10(18(20)21)11(8-9)17-7-6-16-13(17)15/h4-8H,1-3H3,(H2,15,16). The zero-order chi connectivity index (χ0) is 16.5. The molecule has 0 bridgehead atoms. The minimum absolute atomic E-state index is 0.0874. The largest absolute Gasteiger partial charge is 0.456 e. The number of imidazole rings is 1. The summed E-state index contributed by atoms with van der Waals surface area (Å²) in [6.07, 6.45) is 2.90. The molecular weight excluding hydrogens is 288 g/mol. The fourth-order valence-electron chi connectivity index (χ4n) is 1.85. The summed E-state index contributed by atoms with van der Waals surface area (Å²) in [5.74, 6) is -0.480. The first-order valence-corrected chi connectivity index (χ1v) is 6.50. The third-order valence-electron chi connectivity index (χ3n) is 2.74. The molecule has 116 valence electrons. The van der Waals surface area contributed by atoms with E-state index in [9.17, 15) is 14.9 Å². The summed E-state index contributed by atoms with van der Waals surface area (Å²) in [6, 6.07) is 3.96. The fourth-order valence-corrected chi connectivity index (χ4v) is 1.85. The highest BCUT2D eigenvalue weighted by atomic mass is 16.6. The minimum atomic E-state index is -0.660. The van der Waals surface area contributed by atoms with Crippen molar-refractivity contribution in [1.82, 2.24) is 9.55 Å². The van der Waals surface area contributed by atoms with Gasteiger partial charge in [-0.2, -0.15) is 0 Å². The van der Waals surface area contributed by atoms with Crippen molar-refractivity contribution in [2.45, 2.75) is 26.4 Å². The van der Waals surface area contributed by atoms with E-state index in [1.165, 1.54) is 35.2 Å². The molecule has 0 saturated heterocycles. The maximum atomic E-state index is 12.1. The van der Waals surface area contributed by atoms with E-state index in [4.69, 9.17) is 10.5 Å². The second kappa shape index (κ2) is 5.47. The van der Waals surface area contributed by atoms with Gasteiger partial charge in [0.05, 0.1) is 10.5 Å². The normalized spacial score (nSPS) is 11.2. The highest BCUT2D eigenvalue weighted by molar-refractivity contribution is 5.91. The molecule has 0 aliphatic carbocycles. The van der Waals surface area contributed by atoms with Crippen molar-refractivity contribution < 1.29 is 14.5 Å². The summed E-state index contributed by atoms with van der Waals surface area (Å²) in [5.41, 5.74) is 5.19. The lowest BCUT2D eigenvalue weighted by atomic mass is 10.1. The number of nitrogen functional groups attached to an aromatic ring is 1. The first-order valence-electron chi connectivity index (χ1n) is 6.50. The van der Waals surface area contributed by atoms with Gasteiger partial charge in [-0.3, -0.25) is 14.7 Å². The van der Waals surface area contributed by atoms with E-state index in [1.807, 2.05) is 0 Å². The monoisotopic (exact) mass is 304 g/mol. The number of nitro groups is 1. The van der Waals surface area contributed by atoms with E-state index in [0.717, 1.165) is 0 Å². The number of carbonyl (C=O) groups excluding carboxylic acids is 1. The molecule has 22 heavy (non-hydrogen) atoms. The number of esters is 1. The van der Waals surface area contributed by atoms with Gasteiger partial charge >= 0.3 is 5.97 Å². The van der Waals surface area contributed by atoms with Crippen molar-refractivity contribution in [2.24, 2.45) is 0 Å². The first-order chi connectivity index (χ1) is 10.2. The summed E-state index contributed by atoms with van der Waals surface area (Å²) in [6.45, 7) is 5.22. The Balaban J connectivity index is 2.51. The van der Waals surface area contributed by atoms with Gasteiger partial charge in [0.15, 0.2) is 0 Å². The number of aromatic nitrogens is 2. The number of rotatable bonds is 3. The van der Waals surface area contributed by atoms with Crippen molar-refractivity contribution in [3.63, 3.8) is 0 Å². The molecule has 8 heteroatoms. The van der Waals surface area contributed by atoms with Crippen LogP contribution in [-0.2, 0) is 4.74 Å². The number of benzene rings is 1. The molecule has 0 spiro atoms. The number of ether oxygens (including phenoxy) is 1. The van der Waals surface area contributed by atoms with E-state index < -0.39 is 16.5 Å². The Morgan fingerprint density at radius 3 is 2.59 bits per heavy atom. The van der Waals surface area contributed by atoms with E-state index in [1.54, 1.807) is 20.8 Å². The van der Waals surface area contributed by atoms with E-state index in [2.05, 4.69) is 4.98 Å². The van der Waals surface area contributed by atoms with Gasteiger partial charge in [0.1, 0.15) is 11.3 Å². The lowest BCUT2D eigenvalue weighted by molar-refractivity contribution is -0.384. The van der Waals surface area contributed by atoms with Gasteiger partial charge in [-0.25, -0.2) is 9.78 Å². The Morgan fingerprint density at radius 1 is 1.41 bits per heavy atom. The Morgan fingerprint density at radius 2 is 2.09 bits per heavy atom. The molecular formula is C14H16N4O4. The summed E-state index contributed by atoms with van der Waals surface area (Å²) in [7, 11) is 0. The van der Waals surface area contributed by atoms with Gasteiger partial charge in [0.2, 0.25) is 5.95 Å². The number of carbonyl (C=O) groups is 1. The zero-order valence-corrected chi connectivity index (χ0v) is 12.4. The lowest BCUT2D eigenvalue weighted by Crippen LogP contribution is -2.24. The van der Waals surface area contributed by atoms with Crippen LogP contribution >= 0.6 is 0 Å². The number of anilines is 1. The van der Waals surface area contributed by atoms with Crippen LogP contribution in [0.25, 0.3) is 5.69 Å². The van der Waals surface area contributed by atoms with Crippen LogP contribution in [-0.4, -0.2) is 26.0 Å². The van der Waals surface area contributed by atoms with Crippen LogP contribution in [0.3, 0.4) is 0 Å². The molecule has 0 aliphatic heterocycles. The molecule has 2 N–H and O–H groups in total. The molecule has 0 radical (unpaired) electrons. The van der Waals surface area contributed by atoms with Crippen molar-refractivity contribution in [1.29, 1.82) is 0 Å². The number of nitrogens with two attached hydrogens (primary N) is 1. The lowest BCUT2D eigenvalue weighted by Gasteiger charge is -2.19. The van der Waals surface area contributed by atoms with Gasteiger partial charge in [-0.1, -0.05) is 0 Å². The zero-order valence-electron chi connectivity index (χ0n) is 12.4. The van der Waals surface area contributed by atoms with Crippen LogP contribution in [0.15, 0.2) is 30.6 Å². The van der Waals surface area contributed by atoms with Crippen molar-refractivity contribution in [3.05, 3.63) is 46.3 Å². The summed E-state index contributed by atoms with van der Waals surface area (Å²) in [4.78, 5) is 26.5. The molecule has 0 amide bonds. The fraction of sp³-hybridized carbons (Fsp3) is 0.286. The van der Waals surface area contributed by atoms with Crippen LogP contribution in [0.1, 0.15) is 31.1 Å². The van der Waals surface area contributed by atoms with Crippen LogP contribution in [0, 0.1) is 10.1 Å². The Kier molecular flexibility index (Phi) is 3.85. The van der Waals surface area contributed by atoms with Crippen LogP contribution in [0.5, 0.6) is 0 Å². The Labute approximate surface area is 126 Å². The summed E-state index contributed by atoms with van der Waals surface area (Å²) in [5, 5.41) is 11.2. The van der Waals surface area contributed by atoms with E-state index >= 15 is 0 Å². The van der Waals surface area contributed by atoms with Gasteiger partial charge in [-0.05, 0) is 32.9 Å². The third kappa shape index (κ3) is 3.22. The topological polar surface area (TPSA) is 113 Å². The highest BCUT2D eigenvalue weighted by Gasteiger charge is 2.22. The molecule has 0 atom stereocenters.